The van der Waals surface area contributed by atoms with Crippen LogP contribution in [0.4, 0.5) is 5.69 Å². The van der Waals surface area contributed by atoms with Gasteiger partial charge >= 0.3 is 0 Å². The minimum Gasteiger partial charge on any atom is -0.342 e. The van der Waals surface area contributed by atoms with Crippen molar-refractivity contribution in [2.45, 2.75) is 32.7 Å². The van der Waals surface area contributed by atoms with E-state index < -0.39 is 0 Å². The van der Waals surface area contributed by atoms with E-state index in [1.54, 1.807) is 11.9 Å². The highest BCUT2D eigenvalue weighted by Crippen LogP contribution is 2.40. The number of carbonyl (C=O) groups excluding carboxylic acids is 2. The molecule has 0 aromatic heterocycles. The number of carbonyl (C=O) groups is 2. The van der Waals surface area contributed by atoms with Crippen LogP contribution in [0.5, 0.6) is 0 Å². The standard InChI is InChI=1S/C16H23N3O2/c1-12(20)19(2)10-13-5-3-6-14(9-13)18-15(21)16(11-17)7-4-8-16/h3,5-6,9H,4,7-8,10-11,17H2,1-2H3,(H,18,21). The van der Waals surface area contributed by atoms with Crippen LogP contribution in [0.15, 0.2) is 24.3 Å². The maximum Gasteiger partial charge on any atom is 0.231 e. The molecule has 1 aliphatic carbocycles. The Hall–Kier alpha value is -1.88. The summed E-state index contributed by atoms with van der Waals surface area (Å²) in [6.07, 6.45) is 2.79. The highest BCUT2D eigenvalue weighted by molar-refractivity contribution is 5.96. The molecule has 1 fully saturated rings. The minimum absolute atomic E-state index is 0.00771. The second kappa shape index (κ2) is 6.26. The van der Waals surface area contributed by atoms with Crippen molar-refractivity contribution in [2.75, 3.05) is 18.9 Å². The van der Waals surface area contributed by atoms with E-state index in [4.69, 9.17) is 5.73 Å². The summed E-state index contributed by atoms with van der Waals surface area (Å²) in [5.74, 6) is 0.0225. The second-order valence-electron chi connectivity index (χ2n) is 5.87. The molecule has 0 bridgehead atoms. The second-order valence-corrected chi connectivity index (χ2v) is 5.87. The molecule has 21 heavy (non-hydrogen) atoms. The summed E-state index contributed by atoms with van der Waals surface area (Å²) in [5.41, 5.74) is 7.11. The molecule has 0 heterocycles. The van der Waals surface area contributed by atoms with E-state index in [0.29, 0.717) is 13.1 Å². The third-order valence-electron chi connectivity index (χ3n) is 4.33. The fourth-order valence-electron chi connectivity index (χ4n) is 2.52. The number of nitrogens with zero attached hydrogens (tertiary/aromatic N) is 1. The van der Waals surface area contributed by atoms with Crippen LogP contribution in [0.25, 0.3) is 0 Å². The first-order valence-corrected chi connectivity index (χ1v) is 7.29. The molecule has 5 heteroatoms. The molecule has 114 valence electrons. The number of nitrogens with two attached hydrogens (primary N) is 1. The molecular weight excluding hydrogens is 266 g/mol. The number of benzene rings is 1. The number of nitrogens with one attached hydrogen (secondary N) is 1. The van der Waals surface area contributed by atoms with Gasteiger partial charge in [0.05, 0.1) is 5.41 Å². The maximum atomic E-state index is 12.3. The van der Waals surface area contributed by atoms with Crippen LogP contribution in [0, 0.1) is 5.41 Å². The van der Waals surface area contributed by atoms with E-state index in [1.165, 1.54) is 6.92 Å². The topological polar surface area (TPSA) is 75.4 Å². The molecule has 2 amide bonds. The molecule has 3 N–H and O–H groups in total. The molecule has 5 nitrogen and oxygen atoms in total. The van der Waals surface area contributed by atoms with Gasteiger partial charge in [-0.3, -0.25) is 9.59 Å². The van der Waals surface area contributed by atoms with Crippen molar-refractivity contribution in [3.63, 3.8) is 0 Å². The van der Waals surface area contributed by atoms with Crippen molar-refractivity contribution in [3.8, 4) is 0 Å². The fourth-order valence-corrected chi connectivity index (χ4v) is 2.52. The largest absolute Gasteiger partial charge is 0.342 e. The zero-order valence-electron chi connectivity index (χ0n) is 12.7. The van der Waals surface area contributed by atoms with E-state index in [0.717, 1.165) is 30.5 Å². The molecule has 0 atom stereocenters. The van der Waals surface area contributed by atoms with E-state index in [9.17, 15) is 9.59 Å². The van der Waals surface area contributed by atoms with E-state index in [1.807, 2.05) is 24.3 Å². The van der Waals surface area contributed by atoms with E-state index in [2.05, 4.69) is 5.32 Å². The Morgan fingerprint density at radius 3 is 2.62 bits per heavy atom. The summed E-state index contributed by atoms with van der Waals surface area (Å²) >= 11 is 0. The molecular formula is C16H23N3O2. The molecule has 0 unspecified atom stereocenters. The van der Waals surface area contributed by atoms with Gasteiger partial charge in [-0.15, -0.1) is 0 Å². The van der Waals surface area contributed by atoms with Gasteiger partial charge in [-0.05, 0) is 30.5 Å². The van der Waals surface area contributed by atoms with Crippen LogP contribution in [-0.2, 0) is 16.1 Å². The predicted molar refractivity (Wildman–Crippen MR) is 82.6 cm³/mol. The molecule has 0 aliphatic heterocycles. The summed E-state index contributed by atoms with van der Waals surface area (Å²) in [7, 11) is 1.76. The molecule has 1 aliphatic rings. The summed E-state index contributed by atoms with van der Waals surface area (Å²) in [4.78, 5) is 25.2. The quantitative estimate of drug-likeness (QED) is 0.867. The van der Waals surface area contributed by atoms with Gasteiger partial charge in [0.1, 0.15) is 0 Å². The Labute approximate surface area is 125 Å². The SMILES string of the molecule is CC(=O)N(C)Cc1cccc(NC(=O)C2(CN)CCC2)c1. The van der Waals surface area contributed by atoms with Crippen LogP contribution < -0.4 is 11.1 Å². The fraction of sp³-hybridized carbons (Fsp3) is 0.500. The zero-order valence-corrected chi connectivity index (χ0v) is 12.7. The highest BCUT2D eigenvalue weighted by atomic mass is 16.2. The van der Waals surface area contributed by atoms with Gasteiger partial charge in [-0.2, -0.15) is 0 Å². The summed E-state index contributed by atoms with van der Waals surface area (Å²) in [5, 5.41) is 2.96. The van der Waals surface area contributed by atoms with Crippen molar-refractivity contribution in [2.24, 2.45) is 11.1 Å². The average molecular weight is 289 g/mol. The minimum atomic E-state index is -0.383. The van der Waals surface area contributed by atoms with Gasteiger partial charge in [-0.1, -0.05) is 18.6 Å². The van der Waals surface area contributed by atoms with E-state index in [-0.39, 0.29) is 17.2 Å². The Morgan fingerprint density at radius 2 is 2.10 bits per heavy atom. The Balaban J connectivity index is 2.04. The van der Waals surface area contributed by atoms with Crippen LogP contribution >= 0.6 is 0 Å². The lowest BCUT2D eigenvalue weighted by molar-refractivity contribution is -0.129. The molecule has 0 radical (unpaired) electrons. The maximum absolute atomic E-state index is 12.3. The third kappa shape index (κ3) is 3.42. The lowest BCUT2D eigenvalue weighted by Gasteiger charge is -2.39. The zero-order chi connectivity index (χ0) is 15.5. The predicted octanol–water partition coefficient (Wildman–Crippen LogP) is 1.73. The number of hydrogen-bond acceptors (Lipinski definition) is 3. The number of hydrogen-bond donors (Lipinski definition) is 2. The first-order chi connectivity index (χ1) is 9.97. The molecule has 1 saturated carbocycles. The Morgan fingerprint density at radius 1 is 1.38 bits per heavy atom. The van der Waals surface area contributed by atoms with Gasteiger partial charge in [0, 0.05) is 32.7 Å². The molecule has 0 spiro atoms. The van der Waals surface area contributed by atoms with Crippen molar-refractivity contribution >= 4 is 17.5 Å². The molecule has 1 aromatic carbocycles. The highest BCUT2D eigenvalue weighted by Gasteiger charge is 2.42. The number of anilines is 1. The first kappa shape index (κ1) is 15.5. The Kier molecular flexibility index (Phi) is 4.63. The third-order valence-corrected chi connectivity index (χ3v) is 4.33. The Bertz CT molecular complexity index is 533. The van der Waals surface area contributed by atoms with Crippen molar-refractivity contribution in [1.82, 2.24) is 4.90 Å². The van der Waals surface area contributed by atoms with Crippen molar-refractivity contribution in [1.29, 1.82) is 0 Å². The summed E-state index contributed by atoms with van der Waals surface area (Å²) in [6, 6.07) is 7.59. The van der Waals surface area contributed by atoms with Gasteiger partial charge in [0.15, 0.2) is 0 Å². The molecule has 0 saturated heterocycles. The lowest BCUT2D eigenvalue weighted by Crippen LogP contribution is -2.47. The van der Waals surface area contributed by atoms with Crippen molar-refractivity contribution in [3.05, 3.63) is 29.8 Å². The molecule has 1 aromatic rings. The smallest absolute Gasteiger partial charge is 0.231 e. The van der Waals surface area contributed by atoms with Gasteiger partial charge in [0.25, 0.3) is 0 Å². The van der Waals surface area contributed by atoms with Gasteiger partial charge < -0.3 is 16.0 Å². The monoisotopic (exact) mass is 289 g/mol. The van der Waals surface area contributed by atoms with Crippen molar-refractivity contribution < 1.29 is 9.59 Å². The lowest BCUT2D eigenvalue weighted by atomic mass is 9.68. The van der Waals surface area contributed by atoms with Crippen LogP contribution in [0.3, 0.4) is 0 Å². The normalized spacial score (nSPS) is 16.0. The number of amides is 2. The number of rotatable bonds is 5. The van der Waals surface area contributed by atoms with Crippen LogP contribution in [0.1, 0.15) is 31.7 Å². The summed E-state index contributed by atoms with van der Waals surface area (Å²) < 4.78 is 0. The van der Waals surface area contributed by atoms with E-state index >= 15 is 0 Å². The van der Waals surface area contributed by atoms with Gasteiger partial charge in [0.2, 0.25) is 11.8 Å². The van der Waals surface area contributed by atoms with Gasteiger partial charge in [-0.25, -0.2) is 0 Å². The summed E-state index contributed by atoms with van der Waals surface area (Å²) in [6.45, 7) is 2.46. The average Bonchev–Trinajstić information content (AvgIpc) is 2.38. The first-order valence-electron chi connectivity index (χ1n) is 7.29. The van der Waals surface area contributed by atoms with Crippen LogP contribution in [0.2, 0.25) is 0 Å². The molecule has 2 rings (SSSR count). The van der Waals surface area contributed by atoms with Crippen LogP contribution in [-0.4, -0.2) is 30.3 Å².